The van der Waals surface area contributed by atoms with Crippen molar-refractivity contribution in [3.63, 3.8) is 0 Å². The van der Waals surface area contributed by atoms with E-state index in [0.717, 1.165) is 28.2 Å². The molecule has 56 heavy (non-hydrogen) atoms. The van der Waals surface area contributed by atoms with Crippen LogP contribution in [0.3, 0.4) is 0 Å². The van der Waals surface area contributed by atoms with Crippen molar-refractivity contribution < 1.29 is 0 Å². The van der Waals surface area contributed by atoms with Crippen molar-refractivity contribution in [3.05, 3.63) is 205 Å². The highest BCUT2D eigenvalue weighted by molar-refractivity contribution is 6.22. The molecule has 11 rings (SSSR count). The van der Waals surface area contributed by atoms with Crippen molar-refractivity contribution in [1.82, 2.24) is 9.38 Å². The maximum Gasteiger partial charge on any atom is 0.137 e. The topological polar surface area (TPSA) is 17.3 Å². The number of benzene rings is 8. The zero-order valence-electron chi connectivity index (χ0n) is 31.4. The van der Waals surface area contributed by atoms with Crippen LogP contribution in [0.5, 0.6) is 0 Å². The smallest absolute Gasteiger partial charge is 0.137 e. The number of hydrogen-bond acceptors (Lipinski definition) is 1. The first-order chi connectivity index (χ1) is 27.5. The Balaban J connectivity index is 1.06. The zero-order valence-corrected chi connectivity index (χ0v) is 31.4. The summed E-state index contributed by atoms with van der Waals surface area (Å²) in [5.74, 6) is 0. The summed E-state index contributed by atoms with van der Waals surface area (Å²) in [6, 6.07) is 68.6. The molecule has 0 saturated heterocycles. The van der Waals surface area contributed by atoms with E-state index in [0.29, 0.717) is 0 Å². The first-order valence-electron chi connectivity index (χ1n) is 19.5. The van der Waals surface area contributed by atoms with Crippen molar-refractivity contribution in [3.8, 4) is 67.0 Å². The van der Waals surface area contributed by atoms with Crippen LogP contribution in [0.15, 0.2) is 194 Å². The molecule has 0 N–H and O–H groups in total. The minimum atomic E-state index is -0.192. The largest absolute Gasteiger partial charge is 0.299 e. The molecule has 0 atom stereocenters. The van der Waals surface area contributed by atoms with Crippen LogP contribution in [0.2, 0.25) is 0 Å². The number of nitrogens with zero attached hydrogens (tertiary/aromatic N) is 2. The second kappa shape index (κ2) is 12.5. The van der Waals surface area contributed by atoms with Crippen molar-refractivity contribution in [2.75, 3.05) is 0 Å². The van der Waals surface area contributed by atoms with E-state index in [1.165, 1.54) is 77.2 Å². The van der Waals surface area contributed by atoms with Gasteiger partial charge in [-0.2, -0.15) is 0 Å². The molecular formula is C54H38N2. The Morgan fingerprint density at radius 3 is 1.55 bits per heavy atom. The molecule has 2 aromatic heterocycles. The summed E-state index contributed by atoms with van der Waals surface area (Å²) in [6.45, 7) is 4.79. The molecule has 0 bridgehead atoms. The number of hydrogen-bond donors (Lipinski definition) is 0. The van der Waals surface area contributed by atoms with Gasteiger partial charge in [-0.05, 0) is 108 Å². The average molecular weight is 715 g/mol. The van der Waals surface area contributed by atoms with E-state index in [-0.39, 0.29) is 5.41 Å². The van der Waals surface area contributed by atoms with Gasteiger partial charge in [0.2, 0.25) is 0 Å². The first kappa shape index (κ1) is 32.4. The van der Waals surface area contributed by atoms with Crippen LogP contribution in [0.25, 0.3) is 94.2 Å². The molecule has 2 nitrogen and oxygen atoms in total. The van der Waals surface area contributed by atoms with Crippen LogP contribution in [-0.4, -0.2) is 9.38 Å². The van der Waals surface area contributed by atoms with Gasteiger partial charge in [-0.1, -0.05) is 172 Å². The lowest BCUT2D eigenvalue weighted by molar-refractivity contribution is 0.661. The Kier molecular flexibility index (Phi) is 7.24. The van der Waals surface area contributed by atoms with E-state index in [4.69, 9.17) is 4.98 Å². The fourth-order valence-electron chi connectivity index (χ4n) is 9.30. The van der Waals surface area contributed by atoms with Gasteiger partial charge in [0.1, 0.15) is 5.65 Å². The van der Waals surface area contributed by atoms with Crippen molar-refractivity contribution in [1.29, 1.82) is 0 Å². The number of rotatable bonds is 5. The monoisotopic (exact) mass is 714 g/mol. The SMILES string of the molecule is CC1(C)c2cc(-c3ccc(-c4nc5ccccn5c4-c4ccccc4)cc3)ccc2-c2cc3c(-c4ccccc4)c4ccccc4c(-c4ccccc4)c3cc21. The molecule has 0 unspecified atom stereocenters. The van der Waals surface area contributed by atoms with E-state index in [2.05, 4.69) is 206 Å². The second-order valence-corrected chi connectivity index (χ2v) is 15.5. The molecule has 1 aliphatic carbocycles. The Morgan fingerprint density at radius 1 is 0.393 bits per heavy atom. The van der Waals surface area contributed by atoms with Crippen LogP contribution >= 0.6 is 0 Å². The van der Waals surface area contributed by atoms with Crippen LogP contribution in [0.4, 0.5) is 0 Å². The summed E-state index contributed by atoms with van der Waals surface area (Å²) in [5, 5.41) is 5.15. The van der Waals surface area contributed by atoms with Crippen molar-refractivity contribution in [2.24, 2.45) is 0 Å². The molecule has 0 amide bonds. The van der Waals surface area contributed by atoms with Gasteiger partial charge < -0.3 is 0 Å². The molecule has 264 valence electrons. The summed E-state index contributed by atoms with van der Waals surface area (Å²) in [4.78, 5) is 5.11. The van der Waals surface area contributed by atoms with Gasteiger partial charge in [0.05, 0.1) is 11.4 Å². The van der Waals surface area contributed by atoms with Crippen molar-refractivity contribution >= 4 is 27.2 Å². The summed E-state index contributed by atoms with van der Waals surface area (Å²) in [7, 11) is 0. The van der Waals surface area contributed by atoms with Gasteiger partial charge in [0, 0.05) is 22.7 Å². The Bertz CT molecular complexity index is 3120. The molecule has 0 spiro atoms. The Hall–Kier alpha value is -7.03. The summed E-state index contributed by atoms with van der Waals surface area (Å²) in [5.41, 5.74) is 18.0. The fraction of sp³-hybridized carbons (Fsp3) is 0.0556. The molecule has 0 aliphatic heterocycles. The predicted octanol–water partition coefficient (Wildman–Crippen LogP) is 14.3. The molecule has 0 fully saturated rings. The minimum absolute atomic E-state index is 0.192. The van der Waals surface area contributed by atoms with Crippen LogP contribution in [0.1, 0.15) is 25.0 Å². The van der Waals surface area contributed by atoms with E-state index in [1.807, 2.05) is 6.07 Å². The Labute approximate surface area is 327 Å². The first-order valence-corrected chi connectivity index (χ1v) is 19.5. The molecule has 8 aromatic carbocycles. The van der Waals surface area contributed by atoms with E-state index in [9.17, 15) is 0 Å². The highest BCUT2D eigenvalue weighted by Gasteiger charge is 2.37. The zero-order chi connectivity index (χ0) is 37.4. The van der Waals surface area contributed by atoms with E-state index >= 15 is 0 Å². The van der Waals surface area contributed by atoms with Crippen molar-refractivity contribution in [2.45, 2.75) is 19.3 Å². The third-order valence-electron chi connectivity index (χ3n) is 12.0. The van der Waals surface area contributed by atoms with Gasteiger partial charge in [-0.3, -0.25) is 4.40 Å². The lowest BCUT2D eigenvalue weighted by Gasteiger charge is -2.24. The quantitative estimate of drug-likeness (QED) is 0.162. The lowest BCUT2D eigenvalue weighted by atomic mass is 9.79. The third-order valence-corrected chi connectivity index (χ3v) is 12.0. The maximum absolute atomic E-state index is 5.11. The molecule has 1 aliphatic rings. The summed E-state index contributed by atoms with van der Waals surface area (Å²) in [6.07, 6.45) is 2.10. The predicted molar refractivity (Wildman–Crippen MR) is 235 cm³/mol. The molecule has 10 aromatic rings. The second-order valence-electron chi connectivity index (χ2n) is 15.5. The lowest BCUT2D eigenvalue weighted by Crippen LogP contribution is -2.15. The summed E-state index contributed by atoms with van der Waals surface area (Å²) >= 11 is 0. The van der Waals surface area contributed by atoms with Gasteiger partial charge in [0.15, 0.2) is 0 Å². The number of aromatic nitrogens is 2. The van der Waals surface area contributed by atoms with E-state index in [1.54, 1.807) is 0 Å². The molecule has 2 heterocycles. The van der Waals surface area contributed by atoms with Gasteiger partial charge in [0.25, 0.3) is 0 Å². The highest BCUT2D eigenvalue weighted by atomic mass is 15.0. The minimum Gasteiger partial charge on any atom is -0.299 e. The van der Waals surface area contributed by atoms with Gasteiger partial charge in [-0.25, -0.2) is 4.98 Å². The standard InChI is InChI=1S/C54H38N2/c1-54(2)47-32-40(35-25-27-38(28-26-35)52-53(39-20-10-5-11-21-39)56-31-15-14-24-49(56)55-52)29-30-41(47)44-33-45-46(34-48(44)54)51(37-18-8-4-9-19-37)43-23-13-12-22-42(43)50(45)36-16-6-3-7-17-36/h3-34H,1-2H3. The number of pyridine rings is 1. The molecule has 0 radical (unpaired) electrons. The van der Waals surface area contributed by atoms with Crippen LogP contribution in [-0.2, 0) is 5.41 Å². The van der Waals surface area contributed by atoms with Gasteiger partial charge >= 0.3 is 0 Å². The third kappa shape index (κ3) is 4.92. The van der Waals surface area contributed by atoms with Gasteiger partial charge in [-0.15, -0.1) is 0 Å². The van der Waals surface area contributed by atoms with Crippen LogP contribution < -0.4 is 0 Å². The number of imidazole rings is 1. The van der Waals surface area contributed by atoms with Crippen LogP contribution in [0, 0.1) is 0 Å². The molecular weight excluding hydrogens is 677 g/mol. The fourth-order valence-corrected chi connectivity index (χ4v) is 9.30. The average Bonchev–Trinajstić information content (AvgIpc) is 3.75. The van der Waals surface area contributed by atoms with E-state index < -0.39 is 0 Å². The molecule has 2 heteroatoms. The Morgan fingerprint density at radius 2 is 0.911 bits per heavy atom. The number of fused-ring (bicyclic) bond motifs is 6. The maximum atomic E-state index is 5.11. The normalized spacial score (nSPS) is 13.0. The highest BCUT2D eigenvalue weighted by Crippen LogP contribution is 2.54. The molecule has 0 saturated carbocycles. The summed E-state index contributed by atoms with van der Waals surface area (Å²) < 4.78 is 2.19.